The van der Waals surface area contributed by atoms with Gasteiger partial charge in [-0.3, -0.25) is 0 Å². The lowest BCUT2D eigenvalue weighted by atomic mass is 9.68. The molecular weight excluding hydrogens is 194 g/mol. The largest absolute Gasteiger partial charge is 0.444 e. The van der Waals surface area contributed by atoms with Crippen molar-refractivity contribution in [1.29, 1.82) is 0 Å². The van der Waals surface area contributed by atoms with Crippen molar-refractivity contribution < 1.29 is 14.6 Å². The van der Waals surface area contributed by atoms with Crippen molar-refractivity contribution in [3.05, 3.63) is 0 Å². The summed E-state index contributed by atoms with van der Waals surface area (Å²) < 4.78 is 5.12. The molecule has 1 amide bonds. The average molecular weight is 215 g/mol. The Morgan fingerprint density at radius 2 is 2.07 bits per heavy atom. The number of nitrogens with one attached hydrogen (secondary N) is 1. The van der Waals surface area contributed by atoms with Gasteiger partial charge in [-0.15, -0.1) is 0 Å². The summed E-state index contributed by atoms with van der Waals surface area (Å²) in [4.78, 5) is 11.3. The van der Waals surface area contributed by atoms with Crippen molar-refractivity contribution in [3.8, 4) is 0 Å². The van der Waals surface area contributed by atoms with Crippen LogP contribution < -0.4 is 5.32 Å². The van der Waals surface area contributed by atoms with Gasteiger partial charge in [-0.05, 0) is 39.0 Å². The Kier molecular flexibility index (Phi) is 3.28. The minimum absolute atomic E-state index is 0.0380. The highest BCUT2D eigenvalue weighted by atomic mass is 16.6. The van der Waals surface area contributed by atoms with Crippen LogP contribution in [0.4, 0.5) is 4.79 Å². The number of hydrogen-bond donors (Lipinski definition) is 2. The molecule has 1 aliphatic carbocycles. The first-order chi connectivity index (χ1) is 6.70. The van der Waals surface area contributed by atoms with Gasteiger partial charge in [0.05, 0.1) is 6.10 Å². The van der Waals surface area contributed by atoms with E-state index in [2.05, 4.69) is 12.2 Å². The highest BCUT2D eigenvalue weighted by Gasteiger charge is 2.39. The number of alkyl carbamates (subject to hydrolysis) is 1. The summed E-state index contributed by atoms with van der Waals surface area (Å²) in [5.41, 5.74) is -0.416. The number of amides is 1. The minimum atomic E-state index is -0.454. The lowest BCUT2D eigenvalue weighted by molar-refractivity contribution is -0.0216. The van der Waals surface area contributed by atoms with E-state index in [0.29, 0.717) is 6.54 Å². The summed E-state index contributed by atoms with van der Waals surface area (Å²) >= 11 is 0. The molecule has 15 heavy (non-hydrogen) atoms. The number of hydrogen-bond acceptors (Lipinski definition) is 3. The maximum atomic E-state index is 11.3. The normalized spacial score (nSPS) is 30.6. The van der Waals surface area contributed by atoms with Crippen molar-refractivity contribution >= 4 is 6.09 Å². The zero-order chi connectivity index (χ0) is 11.7. The van der Waals surface area contributed by atoms with Crippen molar-refractivity contribution in [1.82, 2.24) is 5.32 Å². The van der Waals surface area contributed by atoms with Gasteiger partial charge < -0.3 is 15.2 Å². The molecule has 0 atom stereocenters. The lowest BCUT2D eigenvalue weighted by Crippen LogP contribution is -2.47. The zero-order valence-electron chi connectivity index (χ0n) is 9.96. The van der Waals surface area contributed by atoms with Crippen LogP contribution in [0.5, 0.6) is 0 Å². The summed E-state index contributed by atoms with van der Waals surface area (Å²) in [6, 6.07) is 0. The van der Waals surface area contributed by atoms with E-state index in [1.165, 1.54) is 0 Å². The van der Waals surface area contributed by atoms with Crippen molar-refractivity contribution in [2.45, 2.75) is 52.2 Å². The quantitative estimate of drug-likeness (QED) is 0.736. The molecule has 4 heteroatoms. The van der Waals surface area contributed by atoms with Gasteiger partial charge in [0.25, 0.3) is 0 Å². The Hall–Kier alpha value is -0.770. The van der Waals surface area contributed by atoms with E-state index in [4.69, 9.17) is 4.74 Å². The number of carbonyl (C=O) groups is 1. The zero-order valence-corrected chi connectivity index (χ0v) is 9.96. The number of rotatable bonds is 2. The van der Waals surface area contributed by atoms with Crippen LogP contribution >= 0.6 is 0 Å². The van der Waals surface area contributed by atoms with Gasteiger partial charge in [0.15, 0.2) is 0 Å². The minimum Gasteiger partial charge on any atom is -0.444 e. The molecule has 0 spiro atoms. The second kappa shape index (κ2) is 4.00. The fraction of sp³-hybridized carbons (Fsp3) is 0.909. The fourth-order valence-electron chi connectivity index (χ4n) is 1.82. The average Bonchev–Trinajstić information content (AvgIpc) is 1.95. The van der Waals surface area contributed by atoms with Gasteiger partial charge in [-0.2, -0.15) is 0 Å². The van der Waals surface area contributed by atoms with Gasteiger partial charge in [-0.25, -0.2) is 4.79 Å². The molecule has 88 valence electrons. The van der Waals surface area contributed by atoms with E-state index in [9.17, 15) is 9.90 Å². The van der Waals surface area contributed by atoms with Crippen LogP contribution in [-0.4, -0.2) is 29.4 Å². The fourth-order valence-corrected chi connectivity index (χ4v) is 1.82. The van der Waals surface area contributed by atoms with E-state index in [1.807, 2.05) is 20.8 Å². The SMILES string of the molecule is CC1(CNC(=O)OC(C)(C)C)CC(O)C1. The first-order valence-corrected chi connectivity index (χ1v) is 5.35. The van der Waals surface area contributed by atoms with Gasteiger partial charge in [0.2, 0.25) is 0 Å². The number of aliphatic hydroxyl groups excluding tert-OH is 1. The first-order valence-electron chi connectivity index (χ1n) is 5.35. The Morgan fingerprint density at radius 1 is 1.53 bits per heavy atom. The monoisotopic (exact) mass is 215 g/mol. The summed E-state index contributed by atoms with van der Waals surface area (Å²) in [7, 11) is 0. The molecule has 1 rings (SSSR count). The number of aliphatic hydroxyl groups is 1. The Morgan fingerprint density at radius 3 is 2.47 bits per heavy atom. The molecule has 0 aromatic carbocycles. The van der Waals surface area contributed by atoms with E-state index < -0.39 is 5.60 Å². The van der Waals surface area contributed by atoms with E-state index in [1.54, 1.807) is 0 Å². The van der Waals surface area contributed by atoms with Gasteiger partial charge >= 0.3 is 6.09 Å². The van der Waals surface area contributed by atoms with Crippen molar-refractivity contribution in [3.63, 3.8) is 0 Å². The van der Waals surface area contributed by atoms with Gasteiger partial charge in [0, 0.05) is 6.54 Å². The number of ether oxygens (including phenoxy) is 1. The molecule has 0 aromatic heterocycles. The topological polar surface area (TPSA) is 58.6 Å². The molecule has 0 saturated heterocycles. The molecule has 0 unspecified atom stereocenters. The van der Waals surface area contributed by atoms with E-state index in [0.717, 1.165) is 12.8 Å². The van der Waals surface area contributed by atoms with Gasteiger partial charge in [-0.1, -0.05) is 6.92 Å². The Bertz CT molecular complexity index is 239. The smallest absolute Gasteiger partial charge is 0.407 e. The molecular formula is C11H21NO3. The number of carbonyl (C=O) groups excluding carboxylic acids is 1. The molecule has 0 aliphatic heterocycles. The van der Waals surface area contributed by atoms with Gasteiger partial charge in [0.1, 0.15) is 5.60 Å². The third-order valence-electron chi connectivity index (χ3n) is 2.52. The van der Waals surface area contributed by atoms with Crippen molar-refractivity contribution in [2.24, 2.45) is 5.41 Å². The third kappa shape index (κ3) is 4.08. The maximum Gasteiger partial charge on any atom is 0.407 e. The van der Waals surface area contributed by atoms with Crippen LogP contribution in [0.25, 0.3) is 0 Å². The molecule has 0 radical (unpaired) electrons. The molecule has 1 fully saturated rings. The van der Waals surface area contributed by atoms with Crippen LogP contribution in [0.3, 0.4) is 0 Å². The Balaban J connectivity index is 2.23. The molecule has 4 nitrogen and oxygen atoms in total. The van der Waals surface area contributed by atoms with Crippen LogP contribution in [-0.2, 0) is 4.74 Å². The highest BCUT2D eigenvalue weighted by molar-refractivity contribution is 5.67. The highest BCUT2D eigenvalue weighted by Crippen LogP contribution is 2.39. The van der Waals surface area contributed by atoms with E-state index in [-0.39, 0.29) is 17.6 Å². The standard InChI is InChI=1S/C11H21NO3/c1-10(2,3)15-9(14)12-7-11(4)5-8(13)6-11/h8,13H,5-7H2,1-4H3,(H,12,14). The van der Waals surface area contributed by atoms with Crippen molar-refractivity contribution in [2.75, 3.05) is 6.54 Å². The molecule has 0 heterocycles. The lowest BCUT2D eigenvalue weighted by Gasteiger charge is -2.42. The molecule has 0 bridgehead atoms. The van der Waals surface area contributed by atoms with E-state index >= 15 is 0 Å². The summed E-state index contributed by atoms with van der Waals surface area (Å²) in [5, 5.41) is 11.9. The second-order valence-corrected chi connectivity index (χ2v) is 5.73. The maximum absolute atomic E-state index is 11.3. The first kappa shape index (κ1) is 12.3. The molecule has 1 saturated carbocycles. The molecule has 1 aliphatic rings. The van der Waals surface area contributed by atoms with Crippen LogP contribution in [0.2, 0.25) is 0 Å². The predicted molar refractivity (Wildman–Crippen MR) is 57.6 cm³/mol. The predicted octanol–water partition coefficient (Wildman–Crippen LogP) is 1.67. The third-order valence-corrected chi connectivity index (χ3v) is 2.52. The summed E-state index contributed by atoms with van der Waals surface area (Å²) in [6.45, 7) is 8.13. The molecule has 2 N–H and O–H groups in total. The molecule has 0 aromatic rings. The van der Waals surface area contributed by atoms with Crippen LogP contribution in [0, 0.1) is 5.41 Å². The van der Waals surface area contributed by atoms with Crippen LogP contribution in [0.1, 0.15) is 40.5 Å². The summed E-state index contributed by atoms with van der Waals surface area (Å²) in [6.07, 6.45) is 0.923. The van der Waals surface area contributed by atoms with Crippen LogP contribution in [0.15, 0.2) is 0 Å². The summed E-state index contributed by atoms with van der Waals surface area (Å²) in [5.74, 6) is 0. The second-order valence-electron chi connectivity index (χ2n) is 5.73. The Labute approximate surface area is 91.0 Å².